The van der Waals surface area contributed by atoms with E-state index >= 15 is 0 Å². The van der Waals surface area contributed by atoms with Gasteiger partial charge in [0.2, 0.25) is 0 Å². The van der Waals surface area contributed by atoms with Gasteiger partial charge in [-0.05, 0) is 56.5 Å². The third-order valence-corrected chi connectivity index (χ3v) is 4.81. The van der Waals surface area contributed by atoms with Crippen LogP contribution in [0.2, 0.25) is 0 Å². The summed E-state index contributed by atoms with van der Waals surface area (Å²) in [5.41, 5.74) is 2.78. The van der Waals surface area contributed by atoms with Gasteiger partial charge >= 0.3 is 0 Å². The summed E-state index contributed by atoms with van der Waals surface area (Å²) in [6.07, 6.45) is 3.86. The molecule has 1 N–H and O–H groups in total. The fourth-order valence-electron chi connectivity index (χ4n) is 3.30. The van der Waals surface area contributed by atoms with E-state index in [0.717, 1.165) is 42.9 Å². The van der Waals surface area contributed by atoms with E-state index in [0.29, 0.717) is 0 Å². The van der Waals surface area contributed by atoms with E-state index in [-0.39, 0.29) is 17.4 Å². The predicted molar refractivity (Wildman–Crippen MR) is 101 cm³/mol. The molecule has 140 valence electrons. The van der Waals surface area contributed by atoms with Gasteiger partial charge in [0, 0.05) is 24.5 Å². The lowest BCUT2D eigenvalue weighted by molar-refractivity contribution is -0.112. The standard InChI is InChI=1S/C21H22FN3O2/c1-14-10-16(15(2)25(14)13-18-6-5-9-27-18)11-17(12-23)21(26)24-20-8-4-3-7-19(20)22/h3-4,7-8,10-11,18H,5-6,9,13H2,1-2H3,(H,24,26)/b17-11+/t18-/m0/s1. The molecule has 5 nitrogen and oxygen atoms in total. The highest BCUT2D eigenvalue weighted by Crippen LogP contribution is 2.22. The molecule has 1 atom stereocenters. The number of hydrogen-bond acceptors (Lipinski definition) is 3. The fourth-order valence-corrected chi connectivity index (χ4v) is 3.30. The Hall–Kier alpha value is -2.91. The number of hydrogen-bond donors (Lipinski definition) is 1. The fraction of sp³-hybridized carbons (Fsp3) is 0.333. The molecule has 1 aliphatic rings. The summed E-state index contributed by atoms with van der Waals surface area (Å²) in [6.45, 7) is 5.50. The van der Waals surface area contributed by atoms with E-state index in [4.69, 9.17) is 4.74 Å². The highest BCUT2D eigenvalue weighted by atomic mass is 19.1. The highest BCUT2D eigenvalue weighted by molar-refractivity contribution is 6.09. The van der Waals surface area contributed by atoms with Crippen molar-refractivity contribution in [3.63, 3.8) is 0 Å². The van der Waals surface area contributed by atoms with E-state index in [9.17, 15) is 14.4 Å². The lowest BCUT2D eigenvalue weighted by Crippen LogP contribution is -2.17. The molecule has 2 heterocycles. The van der Waals surface area contributed by atoms with Gasteiger partial charge in [-0.1, -0.05) is 12.1 Å². The largest absolute Gasteiger partial charge is 0.376 e. The molecule has 1 aromatic heterocycles. The van der Waals surface area contributed by atoms with Gasteiger partial charge in [-0.25, -0.2) is 4.39 Å². The van der Waals surface area contributed by atoms with Crippen LogP contribution in [0.4, 0.5) is 10.1 Å². The first kappa shape index (κ1) is 18.9. The van der Waals surface area contributed by atoms with E-state index in [1.54, 1.807) is 12.1 Å². The van der Waals surface area contributed by atoms with Crippen LogP contribution >= 0.6 is 0 Å². The van der Waals surface area contributed by atoms with Gasteiger partial charge in [-0.2, -0.15) is 5.26 Å². The number of rotatable bonds is 5. The quantitative estimate of drug-likeness (QED) is 0.642. The van der Waals surface area contributed by atoms with Crippen molar-refractivity contribution in [3.05, 3.63) is 58.7 Å². The lowest BCUT2D eigenvalue weighted by Gasteiger charge is -2.14. The SMILES string of the molecule is Cc1cc(/C=C(\C#N)C(=O)Nc2ccccc2F)c(C)n1C[C@@H]1CCCO1. The number of anilines is 1. The maximum Gasteiger partial charge on any atom is 0.266 e. The van der Waals surface area contributed by atoms with Crippen LogP contribution in [-0.2, 0) is 16.1 Å². The molecule has 0 radical (unpaired) electrons. The number of para-hydroxylation sites is 1. The molecule has 0 saturated carbocycles. The zero-order valence-corrected chi connectivity index (χ0v) is 15.5. The van der Waals surface area contributed by atoms with Crippen LogP contribution in [0.1, 0.15) is 29.8 Å². The van der Waals surface area contributed by atoms with Crippen molar-refractivity contribution in [1.82, 2.24) is 4.57 Å². The Kier molecular flexibility index (Phi) is 5.72. The van der Waals surface area contributed by atoms with Crippen molar-refractivity contribution >= 4 is 17.7 Å². The summed E-state index contributed by atoms with van der Waals surface area (Å²) in [5.74, 6) is -1.18. The number of carbonyl (C=O) groups excluding carboxylic acids is 1. The number of nitrogens with zero attached hydrogens (tertiary/aromatic N) is 2. The van der Waals surface area contributed by atoms with Crippen LogP contribution in [0.5, 0.6) is 0 Å². The summed E-state index contributed by atoms with van der Waals surface area (Å²) in [5, 5.41) is 11.9. The highest BCUT2D eigenvalue weighted by Gasteiger charge is 2.19. The Bertz CT molecular complexity index is 918. The zero-order valence-electron chi connectivity index (χ0n) is 15.5. The third-order valence-electron chi connectivity index (χ3n) is 4.81. The number of ether oxygens (including phenoxy) is 1. The van der Waals surface area contributed by atoms with E-state index in [1.807, 2.05) is 26.0 Å². The minimum Gasteiger partial charge on any atom is -0.376 e. The van der Waals surface area contributed by atoms with Gasteiger partial charge in [-0.15, -0.1) is 0 Å². The minimum atomic E-state index is -0.633. The average Bonchev–Trinajstić information content (AvgIpc) is 3.25. The first-order valence-electron chi connectivity index (χ1n) is 8.95. The molecule has 6 heteroatoms. The molecule has 1 saturated heterocycles. The number of halogens is 1. The second-order valence-electron chi connectivity index (χ2n) is 6.68. The molecule has 2 aromatic rings. The molecule has 0 unspecified atom stereocenters. The summed E-state index contributed by atoms with van der Waals surface area (Å²) in [6, 6.07) is 9.72. The van der Waals surface area contributed by atoms with Crippen molar-refractivity contribution in [2.75, 3.05) is 11.9 Å². The van der Waals surface area contributed by atoms with Gasteiger partial charge in [0.1, 0.15) is 17.5 Å². The maximum atomic E-state index is 13.7. The van der Waals surface area contributed by atoms with Gasteiger partial charge in [-0.3, -0.25) is 4.79 Å². The average molecular weight is 367 g/mol. The Morgan fingerprint density at radius 3 is 2.89 bits per heavy atom. The van der Waals surface area contributed by atoms with Crippen LogP contribution < -0.4 is 5.32 Å². The first-order chi connectivity index (χ1) is 13.0. The molecular formula is C21H22FN3O2. The van der Waals surface area contributed by atoms with Crippen molar-refractivity contribution in [2.24, 2.45) is 0 Å². The molecule has 3 rings (SSSR count). The molecule has 0 bridgehead atoms. The monoisotopic (exact) mass is 367 g/mol. The van der Waals surface area contributed by atoms with Gasteiger partial charge < -0.3 is 14.6 Å². The molecule has 1 aromatic carbocycles. The predicted octanol–water partition coefficient (Wildman–Crippen LogP) is 3.97. The molecule has 1 aliphatic heterocycles. The number of aromatic nitrogens is 1. The number of benzene rings is 1. The third kappa shape index (κ3) is 4.26. The number of nitrogens with one attached hydrogen (secondary N) is 1. The van der Waals surface area contributed by atoms with Gasteiger partial charge in [0.25, 0.3) is 5.91 Å². The normalized spacial score (nSPS) is 17.0. The Balaban J connectivity index is 1.82. The number of amides is 1. The summed E-state index contributed by atoms with van der Waals surface area (Å²) in [4.78, 5) is 12.4. The Labute approximate surface area is 158 Å². The van der Waals surface area contributed by atoms with E-state index in [2.05, 4.69) is 9.88 Å². The summed E-state index contributed by atoms with van der Waals surface area (Å²) < 4.78 is 21.6. The smallest absolute Gasteiger partial charge is 0.266 e. The summed E-state index contributed by atoms with van der Waals surface area (Å²) in [7, 11) is 0. The van der Waals surface area contributed by atoms with Crippen LogP contribution in [0.15, 0.2) is 35.9 Å². The first-order valence-corrected chi connectivity index (χ1v) is 8.95. The Morgan fingerprint density at radius 2 is 2.22 bits per heavy atom. The molecule has 0 spiro atoms. The van der Waals surface area contributed by atoms with Crippen molar-refractivity contribution < 1.29 is 13.9 Å². The molecule has 1 fully saturated rings. The molecular weight excluding hydrogens is 345 g/mol. The lowest BCUT2D eigenvalue weighted by atomic mass is 10.1. The van der Waals surface area contributed by atoms with E-state index in [1.165, 1.54) is 18.2 Å². The molecule has 0 aliphatic carbocycles. The minimum absolute atomic E-state index is 0.0486. The summed E-state index contributed by atoms with van der Waals surface area (Å²) >= 11 is 0. The molecule has 1 amide bonds. The van der Waals surface area contributed by atoms with Crippen molar-refractivity contribution in [3.8, 4) is 6.07 Å². The number of nitriles is 1. The van der Waals surface area contributed by atoms with Crippen LogP contribution in [0.25, 0.3) is 6.08 Å². The van der Waals surface area contributed by atoms with Gasteiger partial charge in [0.15, 0.2) is 0 Å². The number of aryl methyl sites for hydroxylation is 1. The topological polar surface area (TPSA) is 67.0 Å². The maximum absolute atomic E-state index is 13.7. The van der Waals surface area contributed by atoms with Gasteiger partial charge in [0.05, 0.1) is 11.8 Å². The van der Waals surface area contributed by atoms with Crippen molar-refractivity contribution in [1.29, 1.82) is 5.26 Å². The second-order valence-corrected chi connectivity index (χ2v) is 6.68. The molecule has 27 heavy (non-hydrogen) atoms. The van der Waals surface area contributed by atoms with Crippen LogP contribution in [0.3, 0.4) is 0 Å². The van der Waals surface area contributed by atoms with E-state index < -0.39 is 11.7 Å². The second kappa shape index (κ2) is 8.19. The van der Waals surface area contributed by atoms with Crippen molar-refractivity contribution in [2.45, 2.75) is 39.3 Å². The number of carbonyl (C=O) groups is 1. The van der Waals surface area contributed by atoms with Crippen LogP contribution in [0, 0.1) is 31.0 Å². The zero-order chi connectivity index (χ0) is 19.4. The van der Waals surface area contributed by atoms with Crippen LogP contribution in [-0.4, -0.2) is 23.2 Å². The Morgan fingerprint density at radius 1 is 1.44 bits per heavy atom.